The van der Waals surface area contributed by atoms with Crippen LogP contribution in [0, 0.1) is 0 Å². The largest absolute Gasteiger partial charge is 0.456 e. The molecule has 1 aromatic heterocycles. The Bertz CT molecular complexity index is 2610. The van der Waals surface area contributed by atoms with Gasteiger partial charge in [-0.15, -0.1) is 0 Å². The molecule has 1 N–H and O–H groups in total. The number of benzene rings is 7. The van der Waals surface area contributed by atoms with Crippen LogP contribution in [0.4, 0.5) is 5.69 Å². The number of nitrogens with one attached hydrogen (secondary N) is 1. The minimum absolute atomic E-state index is 0.838. The first-order valence-electron chi connectivity index (χ1n) is 18.6. The van der Waals surface area contributed by atoms with Gasteiger partial charge in [-0.1, -0.05) is 164 Å². The van der Waals surface area contributed by atoms with E-state index in [-0.39, 0.29) is 0 Å². The molecule has 258 valence electrons. The van der Waals surface area contributed by atoms with Gasteiger partial charge in [0.1, 0.15) is 11.3 Å². The van der Waals surface area contributed by atoms with Gasteiger partial charge < -0.3 is 9.73 Å². The molecule has 2 heteroatoms. The van der Waals surface area contributed by atoms with E-state index in [4.69, 9.17) is 4.42 Å². The highest BCUT2D eigenvalue weighted by Gasteiger charge is 2.18. The molecule has 54 heavy (non-hydrogen) atoms. The van der Waals surface area contributed by atoms with Crippen molar-refractivity contribution < 1.29 is 4.42 Å². The Morgan fingerprint density at radius 1 is 0.537 bits per heavy atom. The number of aryl methyl sites for hydroxylation is 1. The maximum Gasteiger partial charge on any atom is 0.136 e. The second-order valence-corrected chi connectivity index (χ2v) is 13.7. The fourth-order valence-electron chi connectivity index (χ4n) is 7.35. The molecule has 0 spiro atoms. The van der Waals surface area contributed by atoms with E-state index in [0.29, 0.717) is 0 Å². The molecule has 2 nitrogen and oxygen atoms in total. The van der Waals surface area contributed by atoms with Gasteiger partial charge in [-0.2, -0.15) is 0 Å². The van der Waals surface area contributed by atoms with Gasteiger partial charge in [0.05, 0.1) is 0 Å². The van der Waals surface area contributed by atoms with Crippen LogP contribution < -0.4 is 5.32 Å². The Morgan fingerprint density at radius 2 is 1.06 bits per heavy atom. The van der Waals surface area contributed by atoms with Gasteiger partial charge in [-0.25, -0.2) is 0 Å². The smallest absolute Gasteiger partial charge is 0.136 e. The summed E-state index contributed by atoms with van der Waals surface area (Å²) in [5, 5.41) is 4.70. The number of hydrogen-bond acceptors (Lipinski definition) is 2. The van der Waals surface area contributed by atoms with Crippen molar-refractivity contribution in [3.63, 3.8) is 0 Å². The molecule has 0 aliphatic heterocycles. The highest BCUT2D eigenvalue weighted by molar-refractivity contribution is 6.00. The summed E-state index contributed by atoms with van der Waals surface area (Å²) >= 11 is 0. The normalized spacial score (nSPS) is 12.6. The van der Waals surface area contributed by atoms with Crippen molar-refractivity contribution in [2.45, 2.75) is 12.8 Å². The third kappa shape index (κ3) is 6.98. The molecule has 0 amide bonds. The van der Waals surface area contributed by atoms with E-state index in [1.807, 2.05) is 6.07 Å². The van der Waals surface area contributed by atoms with Gasteiger partial charge in [0.15, 0.2) is 0 Å². The lowest BCUT2D eigenvalue weighted by atomic mass is 9.92. The molecular formula is C52H39NO. The maximum atomic E-state index is 6.73. The van der Waals surface area contributed by atoms with Crippen molar-refractivity contribution in [3.05, 3.63) is 217 Å². The van der Waals surface area contributed by atoms with Crippen LogP contribution >= 0.6 is 0 Å². The summed E-state index contributed by atoms with van der Waals surface area (Å²) in [6, 6.07) is 62.3. The first kappa shape index (κ1) is 33.0. The molecule has 7 aromatic carbocycles. The van der Waals surface area contributed by atoms with Crippen LogP contribution in [0.2, 0.25) is 0 Å². The molecule has 0 unspecified atom stereocenters. The van der Waals surface area contributed by atoms with Crippen molar-refractivity contribution in [2.24, 2.45) is 0 Å². The number of rotatable bonds is 9. The van der Waals surface area contributed by atoms with Gasteiger partial charge in [0, 0.05) is 22.8 Å². The zero-order valence-electron chi connectivity index (χ0n) is 30.0. The van der Waals surface area contributed by atoms with Crippen LogP contribution in [-0.4, -0.2) is 0 Å². The SMILES string of the molecule is C1=Cc2cc3oc(/C=C\C(=C\Nc4ccc(-c5ccccc5)cc4)c4ccccc4)c(-c4ccc(-c5ccc(-c6ccccc6)cc5)cc4)c3cc2CC1. The Balaban J connectivity index is 1.06. The summed E-state index contributed by atoms with van der Waals surface area (Å²) in [4.78, 5) is 0. The molecule has 0 atom stereocenters. The molecule has 1 aliphatic carbocycles. The number of anilines is 1. The second-order valence-electron chi connectivity index (χ2n) is 13.7. The molecular weight excluding hydrogens is 655 g/mol. The van der Waals surface area contributed by atoms with E-state index in [0.717, 1.165) is 57.5 Å². The molecule has 0 radical (unpaired) electrons. The number of fused-ring (bicyclic) bond motifs is 2. The monoisotopic (exact) mass is 693 g/mol. The van der Waals surface area contributed by atoms with Crippen molar-refractivity contribution >= 4 is 34.4 Å². The number of hydrogen-bond donors (Lipinski definition) is 1. The van der Waals surface area contributed by atoms with Crippen LogP contribution in [-0.2, 0) is 6.42 Å². The predicted octanol–water partition coefficient (Wildman–Crippen LogP) is 14.2. The molecule has 1 aliphatic rings. The molecule has 0 saturated carbocycles. The van der Waals surface area contributed by atoms with Crippen molar-refractivity contribution in [1.82, 2.24) is 0 Å². The fourth-order valence-corrected chi connectivity index (χ4v) is 7.35. The summed E-state index contributed by atoms with van der Waals surface area (Å²) in [5.41, 5.74) is 16.2. The van der Waals surface area contributed by atoms with Crippen LogP contribution in [0.15, 0.2) is 199 Å². The quantitative estimate of drug-likeness (QED) is 0.152. The molecule has 0 saturated heterocycles. The van der Waals surface area contributed by atoms with Crippen LogP contribution in [0.25, 0.3) is 73.2 Å². The van der Waals surface area contributed by atoms with Gasteiger partial charge >= 0.3 is 0 Å². The second kappa shape index (κ2) is 15.0. The fraction of sp³-hybridized carbons (Fsp3) is 0.0385. The first-order valence-corrected chi connectivity index (χ1v) is 18.6. The van der Waals surface area contributed by atoms with Gasteiger partial charge in [0.2, 0.25) is 0 Å². The van der Waals surface area contributed by atoms with E-state index in [9.17, 15) is 0 Å². The standard InChI is InChI=1S/C52H39NO/c1-4-12-37(13-5-1)40-20-22-41(23-21-40)42-24-26-44(27-25-42)52-49-34-45-18-10-11-19-46(45)35-51(49)54-50(52)33-30-47(39-16-8-3-9-17-39)36-53-48-31-28-43(29-32-48)38-14-6-2-7-15-38/h1-9,11-17,19-36,53H,10,18H2/b33-30-,47-36-. The van der Waals surface area contributed by atoms with E-state index in [2.05, 4.69) is 206 Å². The lowest BCUT2D eigenvalue weighted by molar-refractivity contribution is 0.605. The van der Waals surface area contributed by atoms with Crippen molar-refractivity contribution in [3.8, 4) is 44.5 Å². The summed E-state index contributed by atoms with van der Waals surface area (Å²) < 4.78 is 6.73. The summed E-state index contributed by atoms with van der Waals surface area (Å²) in [6.45, 7) is 0. The minimum atomic E-state index is 0.838. The lowest BCUT2D eigenvalue weighted by Crippen LogP contribution is -1.93. The average molecular weight is 694 g/mol. The maximum absolute atomic E-state index is 6.73. The third-order valence-electron chi connectivity index (χ3n) is 10.3. The molecule has 0 bridgehead atoms. The van der Waals surface area contributed by atoms with Crippen molar-refractivity contribution in [2.75, 3.05) is 5.32 Å². The Kier molecular flexibility index (Phi) is 9.15. The van der Waals surface area contributed by atoms with E-state index >= 15 is 0 Å². The van der Waals surface area contributed by atoms with Crippen molar-refractivity contribution in [1.29, 1.82) is 0 Å². The molecule has 0 fully saturated rings. The van der Waals surface area contributed by atoms with Gasteiger partial charge in [0.25, 0.3) is 0 Å². The third-order valence-corrected chi connectivity index (χ3v) is 10.3. The van der Waals surface area contributed by atoms with E-state index in [1.54, 1.807) is 0 Å². The number of furan rings is 1. The van der Waals surface area contributed by atoms with Crippen LogP contribution in [0.5, 0.6) is 0 Å². The Morgan fingerprint density at radius 3 is 1.65 bits per heavy atom. The summed E-state index contributed by atoms with van der Waals surface area (Å²) in [7, 11) is 0. The molecule has 8 aromatic rings. The van der Waals surface area contributed by atoms with E-state index < -0.39 is 0 Å². The lowest BCUT2D eigenvalue weighted by Gasteiger charge is -2.10. The Hall–Kier alpha value is -6.90. The van der Waals surface area contributed by atoms with Crippen LogP contribution in [0.1, 0.15) is 28.9 Å². The first-order chi connectivity index (χ1) is 26.7. The van der Waals surface area contributed by atoms with Gasteiger partial charge in [-0.05, 0) is 110 Å². The predicted molar refractivity (Wildman–Crippen MR) is 229 cm³/mol. The zero-order chi connectivity index (χ0) is 36.1. The topological polar surface area (TPSA) is 25.2 Å². The Labute approximate surface area is 317 Å². The molecule has 1 heterocycles. The van der Waals surface area contributed by atoms with E-state index in [1.165, 1.54) is 44.5 Å². The van der Waals surface area contributed by atoms with Gasteiger partial charge in [-0.3, -0.25) is 0 Å². The summed E-state index contributed by atoms with van der Waals surface area (Å²) in [6.07, 6.45) is 12.9. The highest BCUT2D eigenvalue weighted by atomic mass is 16.3. The zero-order valence-corrected chi connectivity index (χ0v) is 30.0. The highest BCUT2D eigenvalue weighted by Crippen LogP contribution is 2.40. The summed E-state index contributed by atoms with van der Waals surface area (Å²) in [5.74, 6) is 0.838. The average Bonchev–Trinajstić information content (AvgIpc) is 3.61. The minimum Gasteiger partial charge on any atom is -0.456 e. The number of allylic oxidation sites excluding steroid dienone is 3. The van der Waals surface area contributed by atoms with Crippen LogP contribution in [0.3, 0.4) is 0 Å². The molecule has 9 rings (SSSR count).